The Balaban J connectivity index is 1.71. The van der Waals surface area contributed by atoms with Gasteiger partial charge in [0.1, 0.15) is 0 Å². The van der Waals surface area contributed by atoms with E-state index in [1.54, 1.807) is 4.31 Å². The van der Waals surface area contributed by atoms with Crippen molar-refractivity contribution in [3.05, 3.63) is 63.7 Å². The third kappa shape index (κ3) is 4.12. The van der Waals surface area contributed by atoms with Crippen molar-refractivity contribution in [1.29, 1.82) is 0 Å². The van der Waals surface area contributed by atoms with Gasteiger partial charge in [-0.3, -0.25) is 4.90 Å². The minimum atomic E-state index is -3.46. The maximum absolute atomic E-state index is 13.1. The molecule has 4 nitrogen and oxygen atoms in total. The number of rotatable bonds is 4. The summed E-state index contributed by atoms with van der Waals surface area (Å²) in [7, 11) is -3.46. The van der Waals surface area contributed by atoms with Crippen LogP contribution in [0.15, 0.2) is 41.3 Å². The van der Waals surface area contributed by atoms with Crippen LogP contribution in [0.5, 0.6) is 0 Å². The molecule has 140 valence electrons. The van der Waals surface area contributed by atoms with Gasteiger partial charge in [0.15, 0.2) is 0 Å². The number of benzene rings is 2. The van der Waals surface area contributed by atoms with Crippen LogP contribution < -0.4 is 0 Å². The Labute approximate surface area is 161 Å². The van der Waals surface area contributed by atoms with Crippen LogP contribution in [0.2, 0.25) is 5.02 Å². The van der Waals surface area contributed by atoms with Crippen molar-refractivity contribution in [2.24, 2.45) is 0 Å². The van der Waals surface area contributed by atoms with Crippen molar-refractivity contribution in [3.63, 3.8) is 0 Å². The normalized spacial score (nSPS) is 16.8. The Kier molecular flexibility index (Phi) is 5.72. The third-order valence-electron chi connectivity index (χ3n) is 4.83. The van der Waals surface area contributed by atoms with Gasteiger partial charge in [0.25, 0.3) is 0 Å². The first-order chi connectivity index (χ1) is 12.3. The highest BCUT2D eigenvalue weighted by Gasteiger charge is 2.30. The van der Waals surface area contributed by atoms with E-state index in [0.717, 1.165) is 46.9 Å². The van der Waals surface area contributed by atoms with Gasteiger partial charge in [0.2, 0.25) is 10.0 Å². The minimum Gasteiger partial charge on any atom is -0.296 e. The van der Waals surface area contributed by atoms with Gasteiger partial charge in [-0.15, -0.1) is 0 Å². The predicted molar refractivity (Wildman–Crippen MR) is 106 cm³/mol. The van der Waals surface area contributed by atoms with E-state index in [4.69, 9.17) is 11.6 Å². The van der Waals surface area contributed by atoms with Crippen molar-refractivity contribution >= 4 is 21.6 Å². The van der Waals surface area contributed by atoms with E-state index in [-0.39, 0.29) is 0 Å². The number of halogens is 1. The van der Waals surface area contributed by atoms with Gasteiger partial charge in [-0.25, -0.2) is 8.42 Å². The van der Waals surface area contributed by atoms with Crippen LogP contribution in [0.4, 0.5) is 0 Å². The van der Waals surface area contributed by atoms with E-state index in [1.807, 2.05) is 57.2 Å². The number of nitrogens with zero attached hydrogens (tertiary/aromatic N) is 2. The zero-order chi connectivity index (χ0) is 18.9. The molecule has 1 aliphatic rings. The molecular formula is C20H25ClN2O2S. The molecule has 0 amide bonds. The van der Waals surface area contributed by atoms with Gasteiger partial charge >= 0.3 is 0 Å². The minimum absolute atomic E-state index is 0.464. The highest BCUT2D eigenvalue weighted by molar-refractivity contribution is 7.89. The topological polar surface area (TPSA) is 40.6 Å². The fraction of sp³-hybridized carbons (Fsp3) is 0.400. The fourth-order valence-corrected chi connectivity index (χ4v) is 5.77. The lowest BCUT2D eigenvalue weighted by molar-refractivity contribution is 0.181. The quantitative estimate of drug-likeness (QED) is 0.795. The van der Waals surface area contributed by atoms with E-state index in [1.165, 1.54) is 0 Å². The molecule has 1 fully saturated rings. The van der Waals surface area contributed by atoms with Crippen LogP contribution in [-0.2, 0) is 16.6 Å². The van der Waals surface area contributed by atoms with Crippen LogP contribution in [0.25, 0.3) is 0 Å². The second-order valence-corrected chi connectivity index (χ2v) is 9.35. The molecule has 0 unspecified atom stereocenters. The predicted octanol–water partition coefficient (Wildman–Crippen LogP) is 3.77. The van der Waals surface area contributed by atoms with Crippen LogP contribution in [0.3, 0.4) is 0 Å². The molecule has 26 heavy (non-hydrogen) atoms. The molecule has 1 heterocycles. The lowest BCUT2D eigenvalue weighted by Crippen LogP contribution is -2.48. The average molecular weight is 393 g/mol. The van der Waals surface area contributed by atoms with Gasteiger partial charge in [-0.05, 0) is 49.6 Å². The molecule has 0 N–H and O–H groups in total. The lowest BCUT2D eigenvalue weighted by Gasteiger charge is -2.34. The number of piperazine rings is 1. The first kappa shape index (κ1) is 19.4. The first-order valence-electron chi connectivity index (χ1n) is 8.82. The monoisotopic (exact) mass is 392 g/mol. The fourth-order valence-electron chi connectivity index (χ4n) is 3.72. The Morgan fingerprint density at radius 1 is 0.962 bits per heavy atom. The summed E-state index contributed by atoms with van der Waals surface area (Å²) in [5, 5.41) is 0.731. The Hall–Kier alpha value is -1.40. The molecule has 2 aromatic carbocycles. The van der Waals surface area contributed by atoms with E-state index in [9.17, 15) is 8.42 Å². The van der Waals surface area contributed by atoms with Crippen LogP contribution in [0, 0.1) is 20.8 Å². The molecule has 0 aromatic heterocycles. The largest absolute Gasteiger partial charge is 0.296 e. The summed E-state index contributed by atoms with van der Waals surface area (Å²) < 4.78 is 27.9. The Morgan fingerprint density at radius 3 is 2.15 bits per heavy atom. The molecule has 1 aliphatic heterocycles. The molecule has 2 aromatic rings. The van der Waals surface area contributed by atoms with E-state index >= 15 is 0 Å². The average Bonchev–Trinajstić information content (AvgIpc) is 2.54. The summed E-state index contributed by atoms with van der Waals surface area (Å²) in [5.41, 5.74) is 3.89. The summed E-state index contributed by atoms with van der Waals surface area (Å²) in [6.07, 6.45) is 0. The molecular weight excluding hydrogens is 368 g/mol. The molecule has 6 heteroatoms. The Morgan fingerprint density at radius 2 is 1.58 bits per heavy atom. The molecule has 0 radical (unpaired) electrons. The second-order valence-electron chi connectivity index (χ2n) is 7.04. The molecule has 0 aliphatic carbocycles. The van der Waals surface area contributed by atoms with Crippen molar-refractivity contribution in [3.8, 4) is 0 Å². The number of hydrogen-bond donors (Lipinski definition) is 0. The number of hydrogen-bond acceptors (Lipinski definition) is 3. The summed E-state index contributed by atoms with van der Waals surface area (Å²) in [6, 6.07) is 11.7. The smallest absolute Gasteiger partial charge is 0.243 e. The highest BCUT2D eigenvalue weighted by Crippen LogP contribution is 2.26. The highest BCUT2D eigenvalue weighted by atomic mass is 35.5. The molecule has 0 saturated carbocycles. The lowest BCUT2D eigenvalue weighted by atomic mass is 10.1. The maximum Gasteiger partial charge on any atom is 0.243 e. The van der Waals surface area contributed by atoms with E-state index in [0.29, 0.717) is 18.0 Å². The second kappa shape index (κ2) is 7.69. The zero-order valence-electron chi connectivity index (χ0n) is 15.5. The molecule has 0 atom stereocenters. The van der Waals surface area contributed by atoms with Crippen LogP contribution in [-0.4, -0.2) is 43.8 Å². The van der Waals surface area contributed by atoms with Crippen molar-refractivity contribution < 1.29 is 8.42 Å². The van der Waals surface area contributed by atoms with E-state index in [2.05, 4.69) is 4.90 Å². The van der Waals surface area contributed by atoms with Gasteiger partial charge in [-0.2, -0.15) is 4.31 Å². The van der Waals surface area contributed by atoms with Gasteiger partial charge in [0, 0.05) is 37.7 Å². The van der Waals surface area contributed by atoms with Gasteiger partial charge < -0.3 is 0 Å². The molecule has 0 bridgehead atoms. The van der Waals surface area contributed by atoms with Crippen molar-refractivity contribution in [2.45, 2.75) is 32.2 Å². The standard InChI is InChI=1S/C20H25ClN2O2S/c1-15-11-16(2)20(17(3)12-15)26(24,25)23-9-7-22(8-10-23)14-18-5-4-6-19(21)13-18/h4-6,11-13H,7-10,14H2,1-3H3. The summed E-state index contributed by atoms with van der Waals surface area (Å²) in [5.74, 6) is 0. The third-order valence-corrected chi connectivity index (χ3v) is 7.27. The van der Waals surface area contributed by atoms with Gasteiger partial charge in [0.05, 0.1) is 4.90 Å². The van der Waals surface area contributed by atoms with E-state index < -0.39 is 10.0 Å². The van der Waals surface area contributed by atoms with Gasteiger partial charge in [-0.1, -0.05) is 41.4 Å². The van der Waals surface area contributed by atoms with Crippen LogP contribution in [0.1, 0.15) is 22.3 Å². The first-order valence-corrected chi connectivity index (χ1v) is 10.6. The SMILES string of the molecule is Cc1cc(C)c(S(=O)(=O)N2CCN(Cc3cccc(Cl)c3)CC2)c(C)c1. The zero-order valence-corrected chi connectivity index (χ0v) is 17.1. The maximum atomic E-state index is 13.1. The summed E-state index contributed by atoms with van der Waals surface area (Å²) >= 11 is 6.05. The summed E-state index contributed by atoms with van der Waals surface area (Å²) in [6.45, 7) is 8.99. The number of aryl methyl sites for hydroxylation is 3. The molecule has 0 spiro atoms. The Bertz CT molecular complexity index is 881. The van der Waals surface area contributed by atoms with Crippen molar-refractivity contribution in [2.75, 3.05) is 26.2 Å². The van der Waals surface area contributed by atoms with Crippen LogP contribution >= 0.6 is 11.6 Å². The summed E-state index contributed by atoms with van der Waals surface area (Å²) in [4.78, 5) is 2.73. The molecule has 1 saturated heterocycles. The number of sulfonamides is 1. The van der Waals surface area contributed by atoms with Crippen molar-refractivity contribution in [1.82, 2.24) is 9.21 Å². The molecule has 3 rings (SSSR count).